The van der Waals surface area contributed by atoms with Crippen LogP contribution < -0.4 is 5.32 Å². The molecule has 2 heterocycles. The molecule has 0 aliphatic heterocycles. The average molecular weight is 430 g/mol. The molecule has 0 spiro atoms. The van der Waals surface area contributed by atoms with Crippen LogP contribution in [-0.4, -0.2) is 35.8 Å². The third-order valence-electron chi connectivity index (χ3n) is 4.36. The van der Waals surface area contributed by atoms with Gasteiger partial charge in [0.15, 0.2) is 9.84 Å². The number of aromatic nitrogens is 2. The van der Waals surface area contributed by atoms with Gasteiger partial charge in [0, 0.05) is 23.3 Å². The molecule has 0 saturated heterocycles. The Kier molecular flexibility index (Phi) is 7.11. The molecule has 1 unspecified atom stereocenters. The highest BCUT2D eigenvalue weighted by atomic mass is 32.2. The number of carbonyl (C=O) groups is 1. The van der Waals surface area contributed by atoms with Crippen LogP contribution in [-0.2, 0) is 21.1 Å². The molecule has 1 amide bonds. The third-order valence-corrected chi connectivity index (χ3v) is 7.00. The normalized spacial score (nSPS) is 12.4. The third kappa shape index (κ3) is 6.47. The molecule has 0 fully saturated rings. The highest BCUT2D eigenvalue weighted by Gasteiger charge is 2.20. The van der Waals surface area contributed by atoms with Gasteiger partial charge in [-0.1, -0.05) is 30.3 Å². The van der Waals surface area contributed by atoms with E-state index in [9.17, 15) is 13.2 Å². The minimum atomic E-state index is -3.45. The first-order chi connectivity index (χ1) is 13.9. The Morgan fingerprint density at radius 2 is 1.86 bits per heavy atom. The lowest BCUT2D eigenvalue weighted by molar-refractivity contribution is -0.119. The molecule has 0 radical (unpaired) electrons. The van der Waals surface area contributed by atoms with E-state index in [-0.39, 0.29) is 11.8 Å². The molecule has 8 heteroatoms. The fourth-order valence-corrected chi connectivity index (χ4v) is 4.95. The maximum absolute atomic E-state index is 12.3. The van der Waals surface area contributed by atoms with Crippen molar-refractivity contribution >= 4 is 27.1 Å². The van der Waals surface area contributed by atoms with Crippen molar-refractivity contribution in [1.29, 1.82) is 0 Å². The first kappa shape index (κ1) is 21.1. The second-order valence-corrected chi connectivity index (χ2v) is 9.85. The minimum Gasteiger partial charge on any atom is -0.346 e. The molecular formula is C21H23N3O3S2. The summed E-state index contributed by atoms with van der Waals surface area (Å²) in [5.74, 6) is -1.01. The summed E-state index contributed by atoms with van der Waals surface area (Å²) in [6.07, 6.45) is 4.57. The van der Waals surface area contributed by atoms with Gasteiger partial charge in [-0.25, -0.2) is 13.4 Å². The molecular weight excluding hydrogens is 406 g/mol. The largest absolute Gasteiger partial charge is 0.346 e. The van der Waals surface area contributed by atoms with E-state index in [0.29, 0.717) is 12.8 Å². The van der Waals surface area contributed by atoms with Gasteiger partial charge < -0.3 is 5.32 Å². The first-order valence-electron chi connectivity index (χ1n) is 9.32. The second kappa shape index (κ2) is 9.76. The summed E-state index contributed by atoms with van der Waals surface area (Å²) >= 11 is 1.43. The lowest BCUT2D eigenvalue weighted by Crippen LogP contribution is -2.33. The van der Waals surface area contributed by atoms with Crippen LogP contribution in [0.15, 0.2) is 60.2 Å². The summed E-state index contributed by atoms with van der Waals surface area (Å²) in [5, 5.41) is 5.38. The number of pyridine rings is 1. The first-order valence-corrected chi connectivity index (χ1v) is 12.0. The Balaban J connectivity index is 1.49. The fourth-order valence-electron chi connectivity index (χ4n) is 2.90. The van der Waals surface area contributed by atoms with Crippen molar-refractivity contribution in [3.8, 4) is 11.3 Å². The lowest BCUT2D eigenvalue weighted by atomic mass is 10.1. The van der Waals surface area contributed by atoms with Gasteiger partial charge in [-0.3, -0.25) is 9.78 Å². The van der Waals surface area contributed by atoms with Crippen molar-refractivity contribution in [1.82, 2.24) is 15.3 Å². The summed E-state index contributed by atoms with van der Waals surface area (Å²) in [4.78, 5) is 20.8. The van der Waals surface area contributed by atoms with Crippen LogP contribution in [0.3, 0.4) is 0 Å². The molecule has 1 aromatic carbocycles. The monoisotopic (exact) mass is 429 g/mol. The number of amides is 1. The number of aryl methyl sites for hydroxylation is 1. The van der Waals surface area contributed by atoms with E-state index >= 15 is 0 Å². The quantitative estimate of drug-likeness (QED) is 0.563. The molecule has 152 valence electrons. The lowest BCUT2D eigenvalue weighted by Gasteiger charge is -2.11. The Bertz CT molecular complexity index is 1040. The van der Waals surface area contributed by atoms with Gasteiger partial charge in [0.1, 0.15) is 10.8 Å². The molecule has 2 aromatic heterocycles. The van der Waals surface area contributed by atoms with Crippen molar-refractivity contribution < 1.29 is 13.2 Å². The number of rotatable bonds is 9. The zero-order chi connectivity index (χ0) is 20.7. The van der Waals surface area contributed by atoms with Gasteiger partial charge in [0.05, 0.1) is 17.5 Å². The van der Waals surface area contributed by atoms with Crippen molar-refractivity contribution in [3.63, 3.8) is 0 Å². The number of benzene rings is 1. The summed E-state index contributed by atoms with van der Waals surface area (Å²) in [6, 6.07) is 13.1. The van der Waals surface area contributed by atoms with Crippen LogP contribution in [0.25, 0.3) is 11.3 Å². The van der Waals surface area contributed by atoms with Gasteiger partial charge in [0.25, 0.3) is 0 Å². The maximum Gasteiger partial charge on any atom is 0.235 e. The van der Waals surface area contributed by atoms with Crippen molar-refractivity contribution in [2.24, 2.45) is 0 Å². The van der Waals surface area contributed by atoms with Gasteiger partial charge in [-0.15, -0.1) is 11.3 Å². The SMILES string of the molecule is CC(NC(=O)CS(=O)(=O)CCCc1ccccc1)c1nc(-c2ccncc2)cs1. The standard InChI is InChI=1S/C21H23N3O3S2/c1-16(21-24-19(14-28-21)18-9-11-22-12-10-18)23-20(25)15-29(26,27)13-5-8-17-6-3-2-4-7-17/h2-4,6-7,9-12,14,16H,5,8,13,15H2,1H3,(H,23,25). The molecule has 0 aliphatic rings. The predicted octanol–water partition coefficient (Wildman–Crippen LogP) is 3.43. The number of carbonyl (C=O) groups excluding carboxylic acids is 1. The van der Waals surface area contributed by atoms with Gasteiger partial charge in [-0.2, -0.15) is 0 Å². The van der Waals surface area contributed by atoms with Gasteiger partial charge >= 0.3 is 0 Å². The van der Waals surface area contributed by atoms with Crippen LogP contribution in [0, 0.1) is 0 Å². The molecule has 29 heavy (non-hydrogen) atoms. The number of hydrogen-bond acceptors (Lipinski definition) is 6. The Hall–Kier alpha value is -2.58. The molecule has 1 N–H and O–H groups in total. The minimum absolute atomic E-state index is 0.00681. The van der Waals surface area contributed by atoms with E-state index in [1.165, 1.54) is 11.3 Å². The Morgan fingerprint density at radius 3 is 2.59 bits per heavy atom. The number of nitrogens with one attached hydrogen (secondary N) is 1. The van der Waals surface area contributed by atoms with E-state index in [2.05, 4.69) is 15.3 Å². The highest BCUT2D eigenvalue weighted by molar-refractivity contribution is 7.92. The molecule has 0 bridgehead atoms. The van der Waals surface area contributed by atoms with E-state index < -0.39 is 21.5 Å². The van der Waals surface area contributed by atoms with Crippen LogP contribution in [0.2, 0.25) is 0 Å². The molecule has 0 aliphatic carbocycles. The fraction of sp³-hybridized carbons (Fsp3) is 0.286. The predicted molar refractivity (Wildman–Crippen MR) is 115 cm³/mol. The van der Waals surface area contributed by atoms with E-state index in [0.717, 1.165) is 21.8 Å². The average Bonchev–Trinajstić information content (AvgIpc) is 3.19. The van der Waals surface area contributed by atoms with Crippen molar-refractivity contribution in [2.75, 3.05) is 11.5 Å². The summed E-state index contributed by atoms with van der Waals surface area (Å²) < 4.78 is 24.5. The van der Waals surface area contributed by atoms with Crippen molar-refractivity contribution in [2.45, 2.75) is 25.8 Å². The molecule has 0 saturated carbocycles. The molecule has 6 nitrogen and oxygen atoms in total. The van der Waals surface area contributed by atoms with E-state index in [1.54, 1.807) is 19.3 Å². The maximum atomic E-state index is 12.3. The van der Waals surface area contributed by atoms with Crippen LogP contribution in [0.1, 0.15) is 30.0 Å². The zero-order valence-electron chi connectivity index (χ0n) is 16.1. The van der Waals surface area contributed by atoms with Crippen molar-refractivity contribution in [3.05, 3.63) is 70.8 Å². The van der Waals surface area contributed by atoms with Crippen LogP contribution in [0.5, 0.6) is 0 Å². The highest BCUT2D eigenvalue weighted by Crippen LogP contribution is 2.24. The van der Waals surface area contributed by atoms with Crippen LogP contribution >= 0.6 is 11.3 Å². The summed E-state index contributed by atoms with van der Waals surface area (Å²) in [5.41, 5.74) is 2.85. The molecule has 1 atom stereocenters. The zero-order valence-corrected chi connectivity index (χ0v) is 17.7. The van der Waals surface area contributed by atoms with E-state index in [4.69, 9.17) is 0 Å². The van der Waals surface area contributed by atoms with Gasteiger partial charge in [0.2, 0.25) is 5.91 Å². The molecule has 3 rings (SSSR count). The smallest absolute Gasteiger partial charge is 0.235 e. The summed E-state index contributed by atoms with van der Waals surface area (Å²) in [6.45, 7) is 1.80. The molecule has 3 aromatic rings. The topological polar surface area (TPSA) is 89.0 Å². The van der Waals surface area contributed by atoms with Gasteiger partial charge in [-0.05, 0) is 37.5 Å². The Morgan fingerprint density at radius 1 is 1.14 bits per heavy atom. The number of hydrogen-bond donors (Lipinski definition) is 1. The number of sulfone groups is 1. The summed E-state index contributed by atoms with van der Waals surface area (Å²) in [7, 11) is -3.45. The Labute approximate surface area is 175 Å². The number of nitrogens with zero attached hydrogens (tertiary/aromatic N) is 2. The second-order valence-electron chi connectivity index (χ2n) is 6.78. The number of thiazole rings is 1. The van der Waals surface area contributed by atoms with E-state index in [1.807, 2.05) is 47.8 Å². The van der Waals surface area contributed by atoms with Crippen LogP contribution in [0.4, 0.5) is 0 Å².